The van der Waals surface area contributed by atoms with Gasteiger partial charge in [-0.15, -0.1) is 0 Å². The molecule has 0 aromatic rings. The van der Waals surface area contributed by atoms with Crippen molar-refractivity contribution in [2.24, 2.45) is 10.7 Å². The number of amidine groups is 1. The Balaban J connectivity index is 2.07. The van der Waals surface area contributed by atoms with Gasteiger partial charge in [0.1, 0.15) is 12.4 Å². The van der Waals surface area contributed by atoms with Crippen LogP contribution in [-0.4, -0.2) is 34.1 Å². The third-order valence-corrected chi connectivity index (χ3v) is 5.82. The number of aliphatic imine (C=N–C) groups is 1. The average Bonchev–Trinajstić information content (AvgIpc) is 3.08. The average molecular weight is 407 g/mol. The summed E-state index contributed by atoms with van der Waals surface area (Å²) in [5.74, 6) is 0.0297. The summed E-state index contributed by atoms with van der Waals surface area (Å²) in [6.07, 6.45) is 25.4. The van der Waals surface area contributed by atoms with Crippen molar-refractivity contribution >= 4 is 11.8 Å². The molecule has 0 spiro atoms. The highest BCUT2D eigenvalue weighted by atomic mass is 16.4. The number of quaternary nitrogens is 1. The number of aliphatic carboxylic acids is 1. The van der Waals surface area contributed by atoms with Gasteiger partial charge in [0.25, 0.3) is 0 Å². The molecule has 3 N–H and O–H groups in total. The fourth-order valence-corrected chi connectivity index (χ4v) is 3.94. The maximum absolute atomic E-state index is 11.3. The van der Waals surface area contributed by atoms with Gasteiger partial charge in [0.05, 0.1) is 6.20 Å². The van der Waals surface area contributed by atoms with Crippen molar-refractivity contribution in [3.05, 3.63) is 24.6 Å². The fraction of sp³-hybridized carbons (Fsp3) is 0.750. The highest BCUT2D eigenvalue weighted by Crippen LogP contribution is 2.23. The van der Waals surface area contributed by atoms with Crippen molar-refractivity contribution in [1.82, 2.24) is 0 Å². The van der Waals surface area contributed by atoms with Gasteiger partial charge >= 0.3 is 5.97 Å². The number of allylic oxidation sites excluding steroid dienone is 2. The lowest BCUT2D eigenvalue weighted by atomic mass is 10.1. The number of carbonyl (C=O) groups is 1. The lowest BCUT2D eigenvalue weighted by Crippen LogP contribution is -2.59. The fourth-order valence-electron chi connectivity index (χ4n) is 3.94. The van der Waals surface area contributed by atoms with E-state index < -0.39 is 5.97 Å². The molecule has 5 heteroatoms. The molecule has 166 valence electrons. The lowest BCUT2D eigenvalue weighted by Gasteiger charge is -2.34. The van der Waals surface area contributed by atoms with Crippen molar-refractivity contribution in [2.45, 2.75) is 110 Å². The van der Waals surface area contributed by atoms with E-state index in [1.54, 1.807) is 6.20 Å². The Morgan fingerprint density at radius 3 is 2.14 bits per heavy atom. The van der Waals surface area contributed by atoms with Crippen LogP contribution in [0.1, 0.15) is 104 Å². The van der Waals surface area contributed by atoms with Gasteiger partial charge < -0.3 is 5.11 Å². The van der Waals surface area contributed by atoms with Gasteiger partial charge in [-0.1, -0.05) is 70.4 Å². The van der Waals surface area contributed by atoms with Crippen LogP contribution in [0.3, 0.4) is 0 Å². The van der Waals surface area contributed by atoms with E-state index in [1.165, 1.54) is 64.2 Å². The van der Waals surface area contributed by atoms with Crippen LogP contribution in [0.2, 0.25) is 0 Å². The van der Waals surface area contributed by atoms with Crippen LogP contribution in [0.4, 0.5) is 0 Å². The van der Waals surface area contributed by atoms with Crippen molar-refractivity contribution in [3.63, 3.8) is 0 Å². The first kappa shape index (κ1) is 25.6. The van der Waals surface area contributed by atoms with Crippen LogP contribution < -0.4 is 5.73 Å². The van der Waals surface area contributed by atoms with E-state index in [4.69, 9.17) is 5.73 Å². The van der Waals surface area contributed by atoms with E-state index in [0.717, 1.165) is 31.5 Å². The number of rotatable bonds is 18. The zero-order chi connectivity index (χ0) is 21.4. The van der Waals surface area contributed by atoms with E-state index in [-0.39, 0.29) is 17.2 Å². The van der Waals surface area contributed by atoms with Gasteiger partial charge in [-0.2, -0.15) is 0 Å². The summed E-state index contributed by atoms with van der Waals surface area (Å²) in [6, 6.07) is 0. The molecule has 0 saturated carbocycles. The molecule has 2 unspecified atom stereocenters. The zero-order valence-corrected chi connectivity index (χ0v) is 18.8. The van der Waals surface area contributed by atoms with Crippen LogP contribution in [0.5, 0.6) is 0 Å². The first-order valence-corrected chi connectivity index (χ1v) is 11.8. The van der Waals surface area contributed by atoms with Crippen LogP contribution in [0.25, 0.3) is 0 Å². The Labute approximate surface area is 178 Å². The van der Waals surface area contributed by atoms with Crippen LogP contribution >= 0.6 is 0 Å². The number of nitrogens with zero attached hydrogens (tertiary/aromatic N) is 2. The number of nitrogens with two attached hydrogens (primary N) is 1. The highest BCUT2D eigenvalue weighted by molar-refractivity contribution is 5.81. The Bertz CT molecular complexity index is 540. The molecule has 1 aliphatic rings. The molecule has 0 saturated heterocycles. The van der Waals surface area contributed by atoms with E-state index in [9.17, 15) is 9.90 Å². The summed E-state index contributed by atoms with van der Waals surface area (Å²) in [4.78, 5) is 15.7. The Morgan fingerprint density at radius 2 is 1.59 bits per heavy atom. The Hall–Kier alpha value is -1.46. The summed E-state index contributed by atoms with van der Waals surface area (Å²) in [6.45, 7) is 4.08. The number of unbranched alkanes of at least 4 members (excludes halogenated alkanes) is 11. The predicted molar refractivity (Wildman–Crippen MR) is 122 cm³/mol. The predicted octanol–water partition coefficient (Wildman–Crippen LogP) is 6.11. The van der Waals surface area contributed by atoms with E-state index >= 15 is 0 Å². The highest BCUT2D eigenvalue weighted by Gasteiger charge is 2.40. The molecule has 1 rings (SSSR count). The minimum Gasteiger partial charge on any atom is -0.477 e. The topological polar surface area (TPSA) is 75.7 Å². The minimum atomic E-state index is -0.846. The normalized spacial score (nSPS) is 19.8. The van der Waals surface area contributed by atoms with Gasteiger partial charge in [0.15, 0.2) is 6.54 Å². The standard InChI is InChI=1S/C24H43N3O2/c1-3-4-5-6-7-8-9-10-11-12-13-14-15-16-17-18-23-26-19-20-27(23,22(2)25)21-24(28)29/h13-14,19-20,22H,3-12,15-18,21,25H2,1-2H3/p+1/b14-13+. The monoisotopic (exact) mass is 406 g/mol. The third kappa shape index (κ3) is 10.2. The molecular weight excluding hydrogens is 362 g/mol. The molecular formula is C24H44N3O2+. The zero-order valence-electron chi connectivity index (χ0n) is 18.8. The molecule has 0 radical (unpaired) electrons. The number of carboxylic acids is 1. The molecule has 0 amide bonds. The summed E-state index contributed by atoms with van der Waals surface area (Å²) in [5, 5.41) is 9.24. The van der Waals surface area contributed by atoms with Crippen LogP contribution in [0, 0.1) is 0 Å². The van der Waals surface area contributed by atoms with Crippen molar-refractivity contribution in [3.8, 4) is 0 Å². The second-order valence-corrected chi connectivity index (χ2v) is 8.40. The number of hydrogen-bond acceptors (Lipinski definition) is 3. The molecule has 0 aromatic carbocycles. The van der Waals surface area contributed by atoms with E-state index in [2.05, 4.69) is 24.1 Å². The first-order chi connectivity index (χ1) is 14.0. The van der Waals surface area contributed by atoms with Crippen molar-refractivity contribution < 1.29 is 14.4 Å². The summed E-state index contributed by atoms with van der Waals surface area (Å²) in [7, 11) is 0. The van der Waals surface area contributed by atoms with Crippen molar-refractivity contribution in [1.29, 1.82) is 0 Å². The van der Waals surface area contributed by atoms with Crippen LogP contribution in [-0.2, 0) is 4.79 Å². The SMILES string of the molecule is CCCCCCCCCCC/C=C/CCCCC1=NC=C[N+]1(CC(=O)O)C(C)N. The third-order valence-electron chi connectivity index (χ3n) is 5.82. The molecule has 0 aromatic heterocycles. The maximum Gasteiger partial charge on any atom is 0.360 e. The quantitative estimate of drug-likeness (QED) is 0.164. The first-order valence-electron chi connectivity index (χ1n) is 11.8. The summed E-state index contributed by atoms with van der Waals surface area (Å²) >= 11 is 0. The maximum atomic E-state index is 11.3. The molecule has 29 heavy (non-hydrogen) atoms. The minimum absolute atomic E-state index is 0.0361. The van der Waals surface area contributed by atoms with E-state index in [0.29, 0.717) is 0 Å². The largest absolute Gasteiger partial charge is 0.477 e. The molecule has 0 bridgehead atoms. The summed E-state index contributed by atoms with van der Waals surface area (Å²) in [5.41, 5.74) is 6.09. The smallest absolute Gasteiger partial charge is 0.360 e. The molecule has 1 heterocycles. The second kappa shape index (κ2) is 15.4. The van der Waals surface area contributed by atoms with Gasteiger partial charge in [-0.3, -0.25) is 5.73 Å². The van der Waals surface area contributed by atoms with Gasteiger partial charge in [0.2, 0.25) is 5.84 Å². The molecule has 5 nitrogen and oxygen atoms in total. The second-order valence-electron chi connectivity index (χ2n) is 8.40. The van der Waals surface area contributed by atoms with Crippen LogP contribution in [0.15, 0.2) is 29.5 Å². The molecule has 2 atom stereocenters. The number of hydrogen-bond donors (Lipinski definition) is 2. The molecule has 1 aliphatic heterocycles. The Morgan fingerprint density at radius 1 is 1.03 bits per heavy atom. The molecule has 0 fully saturated rings. The number of carboxylic acid groups (broad SMARTS) is 1. The van der Waals surface area contributed by atoms with Gasteiger partial charge in [-0.05, 0) is 32.1 Å². The Kier molecular flexibility index (Phi) is 13.6. The van der Waals surface area contributed by atoms with Gasteiger partial charge in [-0.25, -0.2) is 14.3 Å². The van der Waals surface area contributed by atoms with Crippen molar-refractivity contribution in [2.75, 3.05) is 6.54 Å². The lowest BCUT2D eigenvalue weighted by molar-refractivity contribution is -0.805. The van der Waals surface area contributed by atoms with E-state index in [1.807, 2.05) is 13.1 Å². The molecule has 0 aliphatic carbocycles. The van der Waals surface area contributed by atoms with Gasteiger partial charge in [0, 0.05) is 13.3 Å². The summed E-state index contributed by atoms with van der Waals surface area (Å²) < 4.78 is 0.157.